The van der Waals surface area contributed by atoms with Gasteiger partial charge in [-0.1, -0.05) is 6.07 Å². The molecule has 1 aliphatic heterocycles. The van der Waals surface area contributed by atoms with Gasteiger partial charge >= 0.3 is 0 Å². The zero-order valence-corrected chi connectivity index (χ0v) is 9.41. The number of benzene rings is 1. The number of hydrogen-bond donors (Lipinski definition) is 1. The molecule has 0 atom stereocenters. The van der Waals surface area contributed by atoms with Gasteiger partial charge in [-0.25, -0.2) is 0 Å². The Kier molecular flexibility index (Phi) is 2.64. The fraction of sp³-hybridized carbons (Fsp3) is 0.333. The van der Waals surface area contributed by atoms with Gasteiger partial charge < -0.3 is 10.2 Å². The number of nitrogens with one attached hydrogen (secondary N) is 1. The first-order valence-corrected chi connectivity index (χ1v) is 5.24. The monoisotopic (exact) mass is 218 g/mol. The van der Waals surface area contributed by atoms with Crippen LogP contribution in [0, 0.1) is 0 Å². The van der Waals surface area contributed by atoms with Crippen LogP contribution in [0.25, 0.3) is 0 Å². The van der Waals surface area contributed by atoms with E-state index in [0.29, 0.717) is 24.1 Å². The predicted octanol–water partition coefficient (Wildman–Crippen LogP) is 1.07. The lowest BCUT2D eigenvalue weighted by Crippen LogP contribution is -2.31. The van der Waals surface area contributed by atoms with Crippen LogP contribution in [-0.2, 0) is 0 Å². The maximum atomic E-state index is 11.7. The Morgan fingerprint density at radius 3 is 2.88 bits per heavy atom. The number of carbonyl (C=O) groups is 2. The van der Waals surface area contributed by atoms with Crippen LogP contribution in [0.3, 0.4) is 0 Å². The number of hydrogen-bond acceptors (Lipinski definition) is 3. The largest absolute Gasteiger partial charge is 0.373 e. The van der Waals surface area contributed by atoms with Crippen molar-refractivity contribution in [3.8, 4) is 0 Å². The van der Waals surface area contributed by atoms with Gasteiger partial charge in [0.15, 0.2) is 5.78 Å². The van der Waals surface area contributed by atoms with E-state index in [4.69, 9.17) is 0 Å². The van der Waals surface area contributed by atoms with Crippen LogP contribution in [0.2, 0.25) is 0 Å². The predicted molar refractivity (Wildman–Crippen MR) is 62.0 cm³/mol. The lowest BCUT2D eigenvalue weighted by Gasteiger charge is -2.28. The Morgan fingerprint density at radius 2 is 2.19 bits per heavy atom. The van der Waals surface area contributed by atoms with Crippen LogP contribution in [0.15, 0.2) is 18.2 Å². The van der Waals surface area contributed by atoms with Crippen molar-refractivity contribution in [2.45, 2.75) is 6.42 Å². The zero-order valence-electron chi connectivity index (χ0n) is 9.41. The van der Waals surface area contributed by atoms with Crippen molar-refractivity contribution in [3.63, 3.8) is 0 Å². The first-order valence-electron chi connectivity index (χ1n) is 5.24. The summed E-state index contributed by atoms with van der Waals surface area (Å²) < 4.78 is 0. The third-order valence-electron chi connectivity index (χ3n) is 2.86. The molecule has 1 amide bonds. The van der Waals surface area contributed by atoms with Gasteiger partial charge in [-0.05, 0) is 12.1 Å². The smallest absolute Gasteiger partial charge is 0.253 e. The Balaban J connectivity index is 2.60. The first-order chi connectivity index (χ1) is 7.65. The van der Waals surface area contributed by atoms with Gasteiger partial charge in [-0.15, -0.1) is 0 Å². The molecule has 0 aromatic heterocycles. The topological polar surface area (TPSA) is 49.4 Å². The van der Waals surface area contributed by atoms with Gasteiger partial charge in [0.05, 0.1) is 11.3 Å². The van der Waals surface area contributed by atoms with Gasteiger partial charge in [0.1, 0.15) is 0 Å². The highest BCUT2D eigenvalue weighted by molar-refractivity contribution is 6.10. The van der Waals surface area contributed by atoms with Crippen molar-refractivity contribution >= 4 is 17.4 Å². The summed E-state index contributed by atoms with van der Waals surface area (Å²) >= 11 is 0. The average molecular weight is 218 g/mol. The lowest BCUT2D eigenvalue weighted by atomic mass is 9.96. The molecule has 1 aromatic carbocycles. The van der Waals surface area contributed by atoms with Crippen molar-refractivity contribution < 1.29 is 9.59 Å². The Hall–Kier alpha value is -1.84. The van der Waals surface area contributed by atoms with E-state index in [-0.39, 0.29) is 11.7 Å². The van der Waals surface area contributed by atoms with Crippen molar-refractivity contribution in [3.05, 3.63) is 29.3 Å². The van der Waals surface area contributed by atoms with Crippen molar-refractivity contribution in [1.82, 2.24) is 5.32 Å². The van der Waals surface area contributed by atoms with Gasteiger partial charge in [-0.3, -0.25) is 9.59 Å². The molecule has 84 valence electrons. The minimum atomic E-state index is -0.154. The molecule has 0 radical (unpaired) electrons. The first kappa shape index (κ1) is 10.7. The van der Waals surface area contributed by atoms with E-state index in [1.165, 1.54) is 0 Å². The summed E-state index contributed by atoms with van der Waals surface area (Å²) in [6.07, 6.45) is 0.515. The minimum Gasteiger partial charge on any atom is -0.373 e. The van der Waals surface area contributed by atoms with Crippen molar-refractivity contribution in [1.29, 1.82) is 0 Å². The molecule has 0 aliphatic carbocycles. The molecule has 4 nitrogen and oxygen atoms in total. The van der Waals surface area contributed by atoms with E-state index < -0.39 is 0 Å². The number of carbonyl (C=O) groups excluding carboxylic acids is 2. The highest BCUT2D eigenvalue weighted by Gasteiger charge is 2.25. The second-order valence-electron chi connectivity index (χ2n) is 3.88. The molecule has 0 spiro atoms. The van der Waals surface area contributed by atoms with Crippen LogP contribution in [0.1, 0.15) is 27.1 Å². The Morgan fingerprint density at radius 1 is 1.44 bits per heavy atom. The molecule has 1 N–H and O–H groups in total. The average Bonchev–Trinajstić information content (AvgIpc) is 2.32. The quantitative estimate of drug-likeness (QED) is 0.767. The summed E-state index contributed by atoms with van der Waals surface area (Å²) in [4.78, 5) is 25.4. The second-order valence-corrected chi connectivity index (χ2v) is 3.88. The molecule has 0 fully saturated rings. The fourth-order valence-electron chi connectivity index (χ4n) is 2.01. The zero-order chi connectivity index (χ0) is 11.7. The van der Waals surface area contributed by atoms with Gasteiger partial charge in [0.25, 0.3) is 5.91 Å². The number of Topliss-reactive ketones (excluding diaryl/α,β-unsaturated/α-hetero) is 1. The number of rotatable bonds is 1. The van der Waals surface area contributed by atoms with E-state index in [0.717, 1.165) is 5.69 Å². The fourth-order valence-corrected chi connectivity index (χ4v) is 2.01. The van der Waals surface area contributed by atoms with Crippen molar-refractivity contribution in [2.75, 3.05) is 25.5 Å². The summed E-state index contributed by atoms with van der Waals surface area (Å²) in [7, 11) is 3.49. The van der Waals surface area contributed by atoms with Gasteiger partial charge in [-0.2, -0.15) is 0 Å². The highest BCUT2D eigenvalue weighted by Crippen LogP contribution is 2.29. The molecule has 1 aromatic rings. The third kappa shape index (κ3) is 1.56. The normalized spacial score (nSPS) is 14.6. The maximum absolute atomic E-state index is 11.7. The van der Waals surface area contributed by atoms with E-state index in [1.807, 2.05) is 11.9 Å². The second kappa shape index (κ2) is 3.96. The van der Waals surface area contributed by atoms with Crippen molar-refractivity contribution in [2.24, 2.45) is 0 Å². The molecule has 16 heavy (non-hydrogen) atoms. The molecule has 0 saturated heterocycles. The molecule has 1 aliphatic rings. The Labute approximate surface area is 94.2 Å². The van der Waals surface area contributed by atoms with Gasteiger partial charge in [0.2, 0.25) is 0 Å². The summed E-state index contributed by atoms with van der Waals surface area (Å²) in [5.41, 5.74) is 1.96. The molecule has 2 rings (SSSR count). The highest BCUT2D eigenvalue weighted by atomic mass is 16.1. The van der Waals surface area contributed by atoms with Crippen LogP contribution < -0.4 is 10.2 Å². The molecule has 4 heteroatoms. The number of nitrogens with zero attached hydrogens (tertiary/aromatic N) is 1. The van der Waals surface area contributed by atoms with Crippen LogP contribution in [-0.4, -0.2) is 32.3 Å². The maximum Gasteiger partial charge on any atom is 0.253 e. The molecule has 0 saturated carbocycles. The molecule has 0 bridgehead atoms. The van der Waals surface area contributed by atoms with E-state index >= 15 is 0 Å². The summed E-state index contributed by atoms with van der Waals surface area (Å²) in [6, 6.07) is 5.27. The third-order valence-corrected chi connectivity index (χ3v) is 2.86. The summed E-state index contributed by atoms with van der Waals surface area (Å²) in [6.45, 7) is 0.667. The molecular weight excluding hydrogens is 204 g/mol. The SMILES string of the molecule is CNC(=O)c1cccc2c1N(C)CCC2=O. The summed E-state index contributed by atoms with van der Waals surface area (Å²) in [5.74, 6) is -0.0442. The number of anilines is 1. The molecular formula is C12H14N2O2. The van der Waals surface area contributed by atoms with Crippen LogP contribution in [0.5, 0.6) is 0 Å². The molecule has 0 unspecified atom stereocenters. The van der Waals surface area contributed by atoms with Crippen LogP contribution in [0.4, 0.5) is 5.69 Å². The number of amides is 1. The minimum absolute atomic E-state index is 0.110. The lowest BCUT2D eigenvalue weighted by molar-refractivity contribution is 0.0963. The number of para-hydroxylation sites is 1. The Bertz CT molecular complexity index is 454. The van der Waals surface area contributed by atoms with Crippen LogP contribution >= 0.6 is 0 Å². The molecule has 1 heterocycles. The van der Waals surface area contributed by atoms with E-state index in [2.05, 4.69) is 5.32 Å². The summed E-state index contributed by atoms with van der Waals surface area (Å²) in [5, 5.41) is 2.59. The van der Waals surface area contributed by atoms with E-state index in [1.54, 1.807) is 25.2 Å². The number of ketones is 1. The van der Waals surface area contributed by atoms with Gasteiger partial charge in [0, 0.05) is 32.6 Å². The van der Waals surface area contributed by atoms with E-state index in [9.17, 15) is 9.59 Å². The number of fused-ring (bicyclic) bond motifs is 1. The standard InChI is InChI=1S/C12H14N2O2/c1-13-12(16)9-5-3-4-8-10(15)6-7-14(2)11(8)9/h3-5H,6-7H2,1-2H3,(H,13,16).